The zero-order valence-electron chi connectivity index (χ0n) is 17.5. The molecule has 3 aromatic rings. The van der Waals surface area contributed by atoms with Crippen LogP contribution < -0.4 is 20.1 Å². The molecule has 2 amide bonds. The molecule has 0 radical (unpaired) electrons. The van der Waals surface area contributed by atoms with E-state index in [2.05, 4.69) is 0 Å². The lowest BCUT2D eigenvalue weighted by molar-refractivity contribution is -0.117. The molecule has 3 aromatic carbocycles. The SMILES string of the molecule is COc1ccc(C2CC(=O)N(c3cccc(C(N)=O)c3)C2)c(Oc2ccc(C)cc2)c1. The summed E-state index contributed by atoms with van der Waals surface area (Å²) >= 11 is 0. The minimum absolute atomic E-state index is 0.0104. The van der Waals surface area contributed by atoms with Crippen molar-refractivity contribution >= 4 is 17.5 Å². The molecule has 0 aliphatic carbocycles. The number of anilines is 1. The van der Waals surface area contributed by atoms with Gasteiger partial charge in [0, 0.05) is 41.8 Å². The fourth-order valence-electron chi connectivity index (χ4n) is 3.79. The van der Waals surface area contributed by atoms with Gasteiger partial charge >= 0.3 is 0 Å². The predicted molar refractivity (Wildman–Crippen MR) is 119 cm³/mol. The highest BCUT2D eigenvalue weighted by molar-refractivity contribution is 5.99. The lowest BCUT2D eigenvalue weighted by atomic mass is 9.97. The maximum atomic E-state index is 12.8. The van der Waals surface area contributed by atoms with E-state index in [9.17, 15) is 9.59 Å². The van der Waals surface area contributed by atoms with Gasteiger partial charge < -0.3 is 20.1 Å². The smallest absolute Gasteiger partial charge is 0.248 e. The highest BCUT2D eigenvalue weighted by Crippen LogP contribution is 2.39. The van der Waals surface area contributed by atoms with Gasteiger partial charge in [-0.1, -0.05) is 29.8 Å². The van der Waals surface area contributed by atoms with Gasteiger partial charge in [0.05, 0.1) is 7.11 Å². The Labute approximate surface area is 181 Å². The van der Waals surface area contributed by atoms with E-state index in [1.165, 1.54) is 0 Å². The normalized spacial score (nSPS) is 15.7. The Balaban J connectivity index is 1.63. The van der Waals surface area contributed by atoms with E-state index in [1.807, 2.05) is 55.5 Å². The Morgan fingerprint density at radius 1 is 1.03 bits per heavy atom. The molecular formula is C25H24N2O4. The van der Waals surface area contributed by atoms with E-state index in [0.29, 0.717) is 35.7 Å². The highest BCUT2D eigenvalue weighted by Gasteiger charge is 2.33. The number of methoxy groups -OCH3 is 1. The first-order chi connectivity index (χ1) is 14.9. The average Bonchev–Trinajstić information content (AvgIpc) is 3.16. The molecule has 1 heterocycles. The van der Waals surface area contributed by atoms with Crippen LogP contribution in [0, 0.1) is 6.92 Å². The average molecular weight is 416 g/mol. The number of hydrogen-bond donors (Lipinski definition) is 1. The second-order valence-electron chi connectivity index (χ2n) is 7.64. The van der Waals surface area contributed by atoms with Gasteiger partial charge in [0.2, 0.25) is 11.8 Å². The van der Waals surface area contributed by atoms with Gasteiger partial charge in [-0.05, 0) is 43.3 Å². The number of carbonyl (C=O) groups is 2. The lowest BCUT2D eigenvalue weighted by Crippen LogP contribution is -2.24. The first kappa shape index (κ1) is 20.5. The molecule has 31 heavy (non-hydrogen) atoms. The summed E-state index contributed by atoms with van der Waals surface area (Å²) in [7, 11) is 1.61. The largest absolute Gasteiger partial charge is 0.497 e. The molecule has 1 atom stereocenters. The molecule has 0 bridgehead atoms. The van der Waals surface area contributed by atoms with Crippen LogP contribution in [0.2, 0.25) is 0 Å². The molecule has 1 unspecified atom stereocenters. The molecule has 6 heteroatoms. The second kappa shape index (κ2) is 8.52. The number of nitrogens with two attached hydrogens (primary N) is 1. The molecule has 1 aliphatic rings. The van der Waals surface area contributed by atoms with Crippen molar-refractivity contribution in [2.24, 2.45) is 5.73 Å². The van der Waals surface area contributed by atoms with Gasteiger partial charge in [-0.25, -0.2) is 0 Å². The maximum Gasteiger partial charge on any atom is 0.248 e. The molecule has 0 spiro atoms. The van der Waals surface area contributed by atoms with Gasteiger partial charge in [0.25, 0.3) is 0 Å². The number of primary amides is 1. The molecular weight excluding hydrogens is 392 g/mol. The molecule has 158 valence electrons. The zero-order chi connectivity index (χ0) is 22.0. The molecule has 1 aliphatic heterocycles. The summed E-state index contributed by atoms with van der Waals surface area (Å²) in [6.45, 7) is 2.50. The van der Waals surface area contributed by atoms with Crippen molar-refractivity contribution in [3.8, 4) is 17.2 Å². The number of carbonyl (C=O) groups excluding carboxylic acids is 2. The van der Waals surface area contributed by atoms with E-state index in [-0.39, 0.29) is 11.8 Å². The van der Waals surface area contributed by atoms with E-state index < -0.39 is 5.91 Å². The van der Waals surface area contributed by atoms with Crippen molar-refractivity contribution in [3.05, 3.63) is 83.4 Å². The van der Waals surface area contributed by atoms with Crippen molar-refractivity contribution in [2.75, 3.05) is 18.6 Å². The number of rotatable bonds is 6. The van der Waals surface area contributed by atoms with Crippen LogP contribution in [0.1, 0.15) is 33.8 Å². The molecule has 4 rings (SSSR count). The Morgan fingerprint density at radius 2 is 1.77 bits per heavy atom. The van der Waals surface area contributed by atoms with Gasteiger partial charge in [0.1, 0.15) is 17.2 Å². The maximum absolute atomic E-state index is 12.8. The summed E-state index contributed by atoms with van der Waals surface area (Å²) in [6, 6.07) is 20.3. The third-order valence-electron chi connectivity index (χ3n) is 5.48. The Bertz CT molecular complexity index is 1120. The van der Waals surface area contributed by atoms with E-state index in [1.54, 1.807) is 30.2 Å². The topological polar surface area (TPSA) is 81.9 Å². The van der Waals surface area contributed by atoms with Crippen molar-refractivity contribution in [1.29, 1.82) is 0 Å². The number of aryl methyl sites for hydroxylation is 1. The Hall–Kier alpha value is -3.80. The number of benzene rings is 3. The summed E-state index contributed by atoms with van der Waals surface area (Å²) in [5.74, 6) is 1.47. The van der Waals surface area contributed by atoms with Crippen LogP contribution in [-0.2, 0) is 4.79 Å². The number of amides is 2. The van der Waals surface area contributed by atoms with Gasteiger partial charge in [-0.2, -0.15) is 0 Å². The summed E-state index contributed by atoms with van der Waals surface area (Å²) in [4.78, 5) is 26.0. The fourth-order valence-corrected chi connectivity index (χ4v) is 3.79. The first-order valence-corrected chi connectivity index (χ1v) is 10.1. The van der Waals surface area contributed by atoms with Gasteiger partial charge in [-0.15, -0.1) is 0 Å². The molecule has 0 aromatic heterocycles. The van der Waals surface area contributed by atoms with Crippen LogP contribution in [0.3, 0.4) is 0 Å². The van der Waals surface area contributed by atoms with Crippen LogP contribution >= 0.6 is 0 Å². The lowest BCUT2D eigenvalue weighted by Gasteiger charge is -2.19. The monoisotopic (exact) mass is 416 g/mol. The Kier molecular flexibility index (Phi) is 5.62. The molecule has 6 nitrogen and oxygen atoms in total. The van der Waals surface area contributed by atoms with Crippen LogP contribution in [0.5, 0.6) is 17.2 Å². The quantitative estimate of drug-likeness (QED) is 0.645. The van der Waals surface area contributed by atoms with Gasteiger partial charge in [0.15, 0.2) is 0 Å². The number of ether oxygens (including phenoxy) is 2. The summed E-state index contributed by atoms with van der Waals surface area (Å²) in [6.07, 6.45) is 0.345. The zero-order valence-corrected chi connectivity index (χ0v) is 17.5. The van der Waals surface area contributed by atoms with E-state index in [0.717, 1.165) is 16.9 Å². The minimum atomic E-state index is -0.519. The van der Waals surface area contributed by atoms with Crippen LogP contribution in [-0.4, -0.2) is 25.5 Å². The summed E-state index contributed by atoms with van der Waals surface area (Å²) < 4.78 is 11.6. The third kappa shape index (κ3) is 4.38. The second-order valence-corrected chi connectivity index (χ2v) is 7.64. The van der Waals surface area contributed by atoms with Crippen LogP contribution in [0.25, 0.3) is 0 Å². The van der Waals surface area contributed by atoms with Gasteiger partial charge in [-0.3, -0.25) is 9.59 Å². The number of nitrogens with zero attached hydrogens (tertiary/aromatic N) is 1. The predicted octanol–water partition coefficient (Wildman–Crippen LogP) is 4.42. The molecule has 1 fully saturated rings. The van der Waals surface area contributed by atoms with E-state index >= 15 is 0 Å². The summed E-state index contributed by atoms with van der Waals surface area (Å²) in [5.41, 5.74) is 8.52. The first-order valence-electron chi connectivity index (χ1n) is 10.1. The fraction of sp³-hybridized carbons (Fsp3) is 0.200. The van der Waals surface area contributed by atoms with Crippen molar-refractivity contribution in [2.45, 2.75) is 19.3 Å². The molecule has 1 saturated heterocycles. The molecule has 2 N–H and O–H groups in total. The van der Waals surface area contributed by atoms with Crippen molar-refractivity contribution in [1.82, 2.24) is 0 Å². The van der Waals surface area contributed by atoms with Crippen LogP contribution in [0.4, 0.5) is 5.69 Å². The standard InChI is InChI=1S/C25H24N2O4/c1-16-6-8-20(9-7-16)31-23-14-21(30-2)10-11-22(23)18-13-24(28)27(15-18)19-5-3-4-17(12-19)25(26)29/h3-12,14,18H,13,15H2,1-2H3,(H2,26,29). The number of hydrogen-bond acceptors (Lipinski definition) is 4. The minimum Gasteiger partial charge on any atom is -0.497 e. The Morgan fingerprint density at radius 3 is 2.48 bits per heavy atom. The van der Waals surface area contributed by atoms with E-state index in [4.69, 9.17) is 15.2 Å². The highest BCUT2D eigenvalue weighted by atomic mass is 16.5. The molecule has 0 saturated carbocycles. The summed E-state index contributed by atoms with van der Waals surface area (Å²) in [5, 5.41) is 0. The van der Waals surface area contributed by atoms with Crippen molar-refractivity contribution < 1.29 is 19.1 Å². The van der Waals surface area contributed by atoms with Crippen LogP contribution in [0.15, 0.2) is 66.7 Å². The third-order valence-corrected chi connectivity index (χ3v) is 5.48. The van der Waals surface area contributed by atoms with Crippen molar-refractivity contribution in [3.63, 3.8) is 0 Å².